The zero-order valence-electron chi connectivity index (χ0n) is 11.5. The minimum absolute atomic E-state index is 0.244. The van der Waals surface area contributed by atoms with Gasteiger partial charge in [-0.1, -0.05) is 18.2 Å². The van der Waals surface area contributed by atoms with Crippen LogP contribution in [0.3, 0.4) is 0 Å². The monoisotopic (exact) mass is 272 g/mol. The van der Waals surface area contributed by atoms with Crippen LogP contribution in [0.15, 0.2) is 42.5 Å². The van der Waals surface area contributed by atoms with Gasteiger partial charge in [0.1, 0.15) is 18.1 Å². The number of ether oxygens (including phenoxy) is 2. The smallest absolute Gasteiger partial charge is 0.488 e. The van der Waals surface area contributed by atoms with Gasteiger partial charge in [0.2, 0.25) is 0 Å². The molecular formula is C15H17BO4. The van der Waals surface area contributed by atoms with Crippen LogP contribution in [0.5, 0.6) is 11.5 Å². The molecule has 4 nitrogen and oxygen atoms in total. The molecule has 2 N–H and O–H groups in total. The standard InChI is InChI=1S/C15H17BO4/c1-11-4-3-5-14(8-11)20-10-12-9-13(19-2)6-7-15(12)16(17)18/h3-9,17-18H,10H2,1-2H3. The van der Waals surface area contributed by atoms with Crippen LogP contribution in [0.2, 0.25) is 0 Å². The van der Waals surface area contributed by atoms with Crippen molar-refractivity contribution >= 4 is 12.6 Å². The highest BCUT2D eigenvalue weighted by Gasteiger charge is 2.17. The van der Waals surface area contributed by atoms with E-state index in [4.69, 9.17) is 9.47 Å². The Bertz CT molecular complexity index is 584. The minimum atomic E-state index is -1.53. The fourth-order valence-electron chi connectivity index (χ4n) is 1.95. The van der Waals surface area contributed by atoms with Crippen molar-refractivity contribution in [3.05, 3.63) is 53.6 Å². The van der Waals surface area contributed by atoms with Gasteiger partial charge in [-0.2, -0.15) is 0 Å². The average molecular weight is 272 g/mol. The van der Waals surface area contributed by atoms with Crippen molar-refractivity contribution in [2.24, 2.45) is 0 Å². The van der Waals surface area contributed by atoms with E-state index in [1.807, 2.05) is 31.2 Å². The Kier molecular flexibility index (Phi) is 4.66. The molecule has 0 spiro atoms. The maximum absolute atomic E-state index is 9.37. The Morgan fingerprint density at radius 1 is 1.05 bits per heavy atom. The third-order valence-corrected chi connectivity index (χ3v) is 3.01. The average Bonchev–Trinajstić information content (AvgIpc) is 2.44. The van der Waals surface area contributed by atoms with E-state index >= 15 is 0 Å². The Hall–Kier alpha value is -1.98. The molecule has 2 aromatic carbocycles. The first kappa shape index (κ1) is 14.4. The number of benzene rings is 2. The lowest BCUT2D eigenvalue weighted by atomic mass is 9.77. The summed E-state index contributed by atoms with van der Waals surface area (Å²) < 4.78 is 10.8. The number of aryl methyl sites for hydroxylation is 1. The van der Waals surface area contributed by atoms with Gasteiger partial charge in [0.25, 0.3) is 0 Å². The highest BCUT2D eigenvalue weighted by molar-refractivity contribution is 6.59. The third-order valence-electron chi connectivity index (χ3n) is 3.01. The molecule has 0 aliphatic carbocycles. The highest BCUT2D eigenvalue weighted by atomic mass is 16.5. The van der Waals surface area contributed by atoms with Crippen molar-refractivity contribution in [1.82, 2.24) is 0 Å². The maximum atomic E-state index is 9.37. The fraction of sp³-hybridized carbons (Fsp3) is 0.200. The summed E-state index contributed by atoms with van der Waals surface area (Å²) >= 11 is 0. The van der Waals surface area contributed by atoms with E-state index in [0.29, 0.717) is 16.8 Å². The van der Waals surface area contributed by atoms with E-state index in [2.05, 4.69) is 0 Å². The van der Waals surface area contributed by atoms with Gasteiger partial charge in [-0.05, 0) is 47.8 Å². The summed E-state index contributed by atoms with van der Waals surface area (Å²) in [5.74, 6) is 1.39. The number of hydrogen-bond donors (Lipinski definition) is 2. The van der Waals surface area contributed by atoms with Crippen LogP contribution >= 0.6 is 0 Å². The first-order valence-electron chi connectivity index (χ1n) is 6.32. The third kappa shape index (κ3) is 3.53. The van der Waals surface area contributed by atoms with Gasteiger partial charge < -0.3 is 19.5 Å². The largest absolute Gasteiger partial charge is 0.497 e. The molecule has 0 saturated heterocycles. The van der Waals surface area contributed by atoms with Crippen LogP contribution in [0.4, 0.5) is 0 Å². The summed E-state index contributed by atoms with van der Waals surface area (Å²) in [7, 11) is 0.0345. The first-order chi connectivity index (χ1) is 9.60. The summed E-state index contributed by atoms with van der Waals surface area (Å²) in [5.41, 5.74) is 2.20. The van der Waals surface area contributed by atoms with Gasteiger partial charge in [0.05, 0.1) is 7.11 Å². The summed E-state index contributed by atoms with van der Waals surface area (Å²) in [6.07, 6.45) is 0. The summed E-state index contributed by atoms with van der Waals surface area (Å²) in [4.78, 5) is 0. The molecule has 0 atom stereocenters. The predicted molar refractivity (Wildman–Crippen MR) is 78.3 cm³/mol. The van der Waals surface area contributed by atoms with Crippen LogP contribution in [0.1, 0.15) is 11.1 Å². The lowest BCUT2D eigenvalue weighted by Crippen LogP contribution is -2.33. The second-order valence-corrected chi connectivity index (χ2v) is 4.54. The van der Waals surface area contributed by atoms with E-state index in [-0.39, 0.29) is 6.61 Å². The lowest BCUT2D eigenvalue weighted by molar-refractivity contribution is 0.305. The van der Waals surface area contributed by atoms with Crippen LogP contribution in [-0.2, 0) is 6.61 Å². The van der Waals surface area contributed by atoms with Crippen molar-refractivity contribution in [1.29, 1.82) is 0 Å². The molecule has 20 heavy (non-hydrogen) atoms. The topological polar surface area (TPSA) is 58.9 Å². The van der Waals surface area contributed by atoms with E-state index in [0.717, 1.165) is 11.3 Å². The highest BCUT2D eigenvalue weighted by Crippen LogP contribution is 2.16. The first-order valence-corrected chi connectivity index (χ1v) is 6.32. The fourth-order valence-corrected chi connectivity index (χ4v) is 1.95. The predicted octanol–water partition coefficient (Wildman–Crippen LogP) is 1.26. The van der Waals surface area contributed by atoms with Crippen molar-refractivity contribution in [3.63, 3.8) is 0 Å². The van der Waals surface area contributed by atoms with Crippen LogP contribution in [0, 0.1) is 6.92 Å². The Balaban J connectivity index is 2.19. The molecule has 0 bridgehead atoms. The molecule has 0 aromatic heterocycles. The molecule has 0 saturated carbocycles. The molecule has 0 fully saturated rings. The number of hydrogen-bond acceptors (Lipinski definition) is 4. The zero-order chi connectivity index (χ0) is 14.5. The molecule has 2 aromatic rings. The van der Waals surface area contributed by atoms with Gasteiger partial charge in [0, 0.05) is 0 Å². The van der Waals surface area contributed by atoms with Crippen LogP contribution < -0.4 is 14.9 Å². The SMILES string of the molecule is COc1ccc(B(O)O)c(COc2cccc(C)c2)c1. The quantitative estimate of drug-likeness (QED) is 0.804. The minimum Gasteiger partial charge on any atom is -0.497 e. The van der Waals surface area contributed by atoms with E-state index in [1.54, 1.807) is 25.3 Å². The Labute approximate surface area is 118 Å². The normalized spacial score (nSPS) is 10.2. The molecule has 0 unspecified atom stereocenters. The van der Waals surface area contributed by atoms with Gasteiger partial charge >= 0.3 is 7.12 Å². The van der Waals surface area contributed by atoms with Gasteiger partial charge in [-0.3, -0.25) is 0 Å². The van der Waals surface area contributed by atoms with E-state index in [1.165, 1.54) is 0 Å². The Morgan fingerprint density at radius 2 is 1.85 bits per heavy atom. The van der Waals surface area contributed by atoms with Gasteiger partial charge in [0.15, 0.2) is 0 Å². The molecule has 104 valence electrons. The molecule has 0 aliphatic rings. The maximum Gasteiger partial charge on any atom is 0.488 e. The number of methoxy groups -OCH3 is 1. The summed E-state index contributed by atoms with van der Waals surface area (Å²) in [6.45, 7) is 2.23. The van der Waals surface area contributed by atoms with Gasteiger partial charge in [-0.25, -0.2) is 0 Å². The number of rotatable bonds is 5. The molecule has 0 heterocycles. The van der Waals surface area contributed by atoms with E-state index < -0.39 is 7.12 Å². The lowest BCUT2D eigenvalue weighted by Gasteiger charge is -2.12. The van der Waals surface area contributed by atoms with Crippen LogP contribution in [-0.4, -0.2) is 24.3 Å². The van der Waals surface area contributed by atoms with Crippen molar-refractivity contribution in [2.45, 2.75) is 13.5 Å². The summed E-state index contributed by atoms with van der Waals surface area (Å²) in [6, 6.07) is 12.7. The molecule has 0 amide bonds. The van der Waals surface area contributed by atoms with Crippen molar-refractivity contribution < 1.29 is 19.5 Å². The molecule has 2 rings (SSSR count). The van der Waals surface area contributed by atoms with Gasteiger partial charge in [-0.15, -0.1) is 0 Å². The van der Waals surface area contributed by atoms with Crippen LogP contribution in [0.25, 0.3) is 0 Å². The molecule has 5 heteroatoms. The van der Waals surface area contributed by atoms with Crippen molar-refractivity contribution in [3.8, 4) is 11.5 Å². The molecular weight excluding hydrogens is 255 g/mol. The second kappa shape index (κ2) is 6.46. The second-order valence-electron chi connectivity index (χ2n) is 4.54. The Morgan fingerprint density at radius 3 is 2.50 bits per heavy atom. The van der Waals surface area contributed by atoms with Crippen molar-refractivity contribution in [2.75, 3.05) is 7.11 Å². The summed E-state index contributed by atoms with van der Waals surface area (Å²) in [5, 5.41) is 18.7. The molecule has 0 radical (unpaired) electrons. The zero-order valence-corrected chi connectivity index (χ0v) is 11.5. The molecule has 0 aliphatic heterocycles. The van der Waals surface area contributed by atoms with E-state index in [9.17, 15) is 10.0 Å².